The Labute approximate surface area is 434 Å². The number of anilines is 6. The summed E-state index contributed by atoms with van der Waals surface area (Å²) in [5.74, 6) is 0. The standard InChI is InChI=1S/C69H79BN2/c1-42-34-50-51(67(13,14)33-32-66(50,11)12)40-58(42)72-57-31-29-45(64(5,6)7)36-54(57)70-55-39-52-53(69(17,18)49-27-23-22-26-48(49)68(52,15)16)41-59(55)71(60-37-46(65(8,9)10)38-61(72)62(60)70)56-30-28-44(63(2,3)4)35-47(56)43-24-20-19-21-25-43/h19-31,34-41H,32-33H2,1-18H3. The highest BCUT2D eigenvalue weighted by Crippen LogP contribution is 2.55. The number of fused-ring (bicyclic) bond motifs is 7. The maximum Gasteiger partial charge on any atom is 0.252 e. The van der Waals surface area contributed by atoms with Crippen molar-refractivity contribution in [1.82, 2.24) is 0 Å². The highest BCUT2D eigenvalue weighted by molar-refractivity contribution is 7.00. The van der Waals surface area contributed by atoms with Crippen LogP contribution in [0.5, 0.6) is 0 Å². The fourth-order valence-electron chi connectivity index (χ4n) is 13.4. The monoisotopic (exact) mass is 947 g/mol. The van der Waals surface area contributed by atoms with Gasteiger partial charge in [-0.3, -0.25) is 0 Å². The molecule has 3 heteroatoms. The Balaban J connectivity index is 1.32. The second kappa shape index (κ2) is 15.6. The molecule has 2 heterocycles. The van der Waals surface area contributed by atoms with Crippen LogP contribution in [0, 0.1) is 6.92 Å². The van der Waals surface area contributed by atoms with E-state index in [1.165, 1.54) is 130 Å². The lowest BCUT2D eigenvalue weighted by Gasteiger charge is -2.49. The summed E-state index contributed by atoms with van der Waals surface area (Å²) in [6, 6.07) is 51.0. The normalized spacial score (nSPS) is 17.8. The molecule has 0 saturated carbocycles. The molecule has 4 aliphatic rings. The van der Waals surface area contributed by atoms with Gasteiger partial charge in [0.05, 0.1) is 5.69 Å². The Morgan fingerprint density at radius 2 is 0.847 bits per heavy atom. The lowest BCUT2D eigenvalue weighted by molar-refractivity contribution is 0.332. The zero-order valence-corrected chi connectivity index (χ0v) is 47.0. The van der Waals surface area contributed by atoms with Crippen LogP contribution in [0.2, 0.25) is 0 Å². The minimum Gasteiger partial charge on any atom is -0.311 e. The van der Waals surface area contributed by atoms with Gasteiger partial charge in [-0.25, -0.2) is 0 Å². The van der Waals surface area contributed by atoms with Crippen LogP contribution in [0.25, 0.3) is 11.1 Å². The van der Waals surface area contributed by atoms with Crippen LogP contribution in [0.1, 0.15) is 186 Å². The number of benzene rings is 7. The molecule has 2 aliphatic heterocycles. The lowest BCUT2D eigenvalue weighted by atomic mass is 9.32. The van der Waals surface area contributed by atoms with E-state index >= 15 is 0 Å². The summed E-state index contributed by atoms with van der Waals surface area (Å²) in [6.07, 6.45) is 2.36. The molecule has 72 heavy (non-hydrogen) atoms. The van der Waals surface area contributed by atoms with Crippen molar-refractivity contribution in [2.75, 3.05) is 9.80 Å². The molecule has 2 aliphatic carbocycles. The third-order valence-corrected chi connectivity index (χ3v) is 18.2. The molecule has 0 atom stereocenters. The Kier molecular flexibility index (Phi) is 10.5. The third-order valence-electron chi connectivity index (χ3n) is 18.2. The average Bonchev–Trinajstić information content (AvgIpc) is 3.31. The van der Waals surface area contributed by atoms with Gasteiger partial charge in [0.2, 0.25) is 0 Å². The van der Waals surface area contributed by atoms with Gasteiger partial charge < -0.3 is 9.80 Å². The predicted octanol–water partition coefficient (Wildman–Crippen LogP) is 17.0. The van der Waals surface area contributed by atoms with E-state index in [1.807, 2.05) is 0 Å². The molecule has 0 aromatic heterocycles. The maximum absolute atomic E-state index is 2.72. The van der Waals surface area contributed by atoms with Gasteiger partial charge in [-0.05, 0) is 167 Å². The van der Waals surface area contributed by atoms with Crippen molar-refractivity contribution in [3.05, 3.63) is 183 Å². The average molecular weight is 947 g/mol. The molecule has 11 rings (SSSR count). The number of aryl methyl sites for hydroxylation is 1. The highest BCUT2D eigenvalue weighted by Gasteiger charge is 2.49. The first-order chi connectivity index (χ1) is 33.5. The molecular formula is C69H79BN2. The summed E-state index contributed by atoms with van der Waals surface area (Å²) in [5.41, 5.74) is 27.8. The van der Waals surface area contributed by atoms with Crippen LogP contribution in [0.4, 0.5) is 34.1 Å². The molecule has 0 spiro atoms. The minimum atomic E-state index is -0.230. The van der Waals surface area contributed by atoms with E-state index in [0.717, 1.165) is 0 Å². The van der Waals surface area contributed by atoms with E-state index in [0.29, 0.717) is 0 Å². The van der Waals surface area contributed by atoms with E-state index in [9.17, 15) is 0 Å². The molecular weight excluding hydrogens is 868 g/mol. The molecule has 0 bridgehead atoms. The van der Waals surface area contributed by atoms with E-state index in [1.54, 1.807) is 0 Å². The molecule has 0 fully saturated rings. The van der Waals surface area contributed by atoms with Gasteiger partial charge in [0, 0.05) is 44.8 Å². The molecule has 0 saturated heterocycles. The molecule has 0 amide bonds. The number of hydrogen-bond acceptors (Lipinski definition) is 2. The largest absolute Gasteiger partial charge is 0.311 e. The molecule has 7 aromatic carbocycles. The second-order valence-corrected chi connectivity index (χ2v) is 27.9. The van der Waals surface area contributed by atoms with E-state index < -0.39 is 0 Å². The first-order valence-electron chi connectivity index (χ1n) is 27.1. The first kappa shape index (κ1) is 48.5. The van der Waals surface area contributed by atoms with Gasteiger partial charge in [-0.1, -0.05) is 203 Å². The fraction of sp³-hybridized carbons (Fsp3) is 0.391. The molecule has 368 valence electrons. The van der Waals surface area contributed by atoms with Crippen molar-refractivity contribution in [2.45, 2.75) is 175 Å². The molecule has 7 aromatic rings. The first-order valence-corrected chi connectivity index (χ1v) is 27.1. The summed E-state index contributed by atoms with van der Waals surface area (Å²) < 4.78 is 0. The molecule has 0 unspecified atom stereocenters. The van der Waals surface area contributed by atoms with Crippen molar-refractivity contribution in [3.63, 3.8) is 0 Å². The maximum atomic E-state index is 2.72. The summed E-state index contributed by atoms with van der Waals surface area (Å²) >= 11 is 0. The Hall–Kier alpha value is -5.80. The fourth-order valence-corrected chi connectivity index (χ4v) is 13.4. The summed E-state index contributed by atoms with van der Waals surface area (Å²) in [4.78, 5) is 5.44. The predicted molar refractivity (Wildman–Crippen MR) is 313 cm³/mol. The van der Waals surface area contributed by atoms with E-state index in [2.05, 4.69) is 262 Å². The van der Waals surface area contributed by atoms with Crippen molar-refractivity contribution in [3.8, 4) is 11.1 Å². The summed E-state index contributed by atoms with van der Waals surface area (Å²) in [6.45, 7) is 43.5. The smallest absolute Gasteiger partial charge is 0.252 e. The van der Waals surface area contributed by atoms with Crippen LogP contribution >= 0.6 is 0 Å². The second-order valence-electron chi connectivity index (χ2n) is 27.9. The zero-order chi connectivity index (χ0) is 51.6. The van der Waals surface area contributed by atoms with Crippen molar-refractivity contribution in [1.29, 1.82) is 0 Å². The number of hydrogen-bond donors (Lipinski definition) is 0. The van der Waals surface area contributed by atoms with Crippen molar-refractivity contribution in [2.24, 2.45) is 0 Å². The van der Waals surface area contributed by atoms with Gasteiger partial charge >= 0.3 is 0 Å². The quantitative estimate of drug-likeness (QED) is 0.163. The Morgan fingerprint density at radius 3 is 1.40 bits per heavy atom. The van der Waals surface area contributed by atoms with Crippen LogP contribution in [0.3, 0.4) is 0 Å². The minimum absolute atomic E-state index is 0.0208. The van der Waals surface area contributed by atoms with Gasteiger partial charge in [0.1, 0.15) is 0 Å². The lowest BCUT2D eigenvalue weighted by Crippen LogP contribution is -2.62. The van der Waals surface area contributed by atoms with E-state index in [-0.39, 0.29) is 44.6 Å². The Bertz CT molecular complexity index is 3380. The third kappa shape index (κ3) is 7.24. The van der Waals surface area contributed by atoms with Gasteiger partial charge in [0.25, 0.3) is 6.71 Å². The van der Waals surface area contributed by atoms with Crippen LogP contribution in [-0.4, -0.2) is 6.71 Å². The number of rotatable bonds is 3. The van der Waals surface area contributed by atoms with E-state index in [4.69, 9.17) is 0 Å². The topological polar surface area (TPSA) is 6.48 Å². The molecule has 2 nitrogen and oxygen atoms in total. The molecule has 0 radical (unpaired) electrons. The van der Waals surface area contributed by atoms with Gasteiger partial charge in [-0.2, -0.15) is 0 Å². The van der Waals surface area contributed by atoms with Gasteiger partial charge in [-0.15, -0.1) is 0 Å². The SMILES string of the molecule is Cc1cc2c(cc1N1c3ccc(C(C)(C)C)cc3B3c4cc5c(cc4N(c4ccc(C(C)(C)C)cc4-c4ccccc4)c4cc(C(C)(C)C)cc1c43)C(C)(C)c1ccccc1C5(C)C)C(C)(C)CCC2(C)C. The van der Waals surface area contributed by atoms with Crippen LogP contribution in [-0.2, 0) is 37.9 Å². The summed E-state index contributed by atoms with van der Waals surface area (Å²) in [5, 5.41) is 0. The van der Waals surface area contributed by atoms with Crippen LogP contribution < -0.4 is 26.2 Å². The number of nitrogens with zero attached hydrogens (tertiary/aromatic N) is 2. The Morgan fingerprint density at radius 1 is 0.389 bits per heavy atom. The van der Waals surface area contributed by atoms with Crippen LogP contribution in [0.15, 0.2) is 127 Å². The zero-order valence-electron chi connectivity index (χ0n) is 47.0. The van der Waals surface area contributed by atoms with Crippen molar-refractivity contribution < 1.29 is 0 Å². The van der Waals surface area contributed by atoms with Gasteiger partial charge in [0.15, 0.2) is 0 Å². The molecule has 0 N–H and O–H groups in total. The summed E-state index contributed by atoms with van der Waals surface area (Å²) in [7, 11) is 0. The van der Waals surface area contributed by atoms with Crippen molar-refractivity contribution >= 4 is 57.2 Å². The highest BCUT2D eigenvalue weighted by atomic mass is 15.2.